The summed E-state index contributed by atoms with van der Waals surface area (Å²) in [6.45, 7) is 0.342. The lowest BCUT2D eigenvalue weighted by atomic mass is 10.0. The summed E-state index contributed by atoms with van der Waals surface area (Å²) in [7, 11) is 3.09. The summed E-state index contributed by atoms with van der Waals surface area (Å²) in [4.78, 5) is 29.5. The van der Waals surface area contributed by atoms with Crippen LogP contribution in [0.4, 0.5) is 0 Å². The highest BCUT2D eigenvalue weighted by Gasteiger charge is 2.31. The Hall–Kier alpha value is -3.71. The molecule has 0 saturated carbocycles. The monoisotopic (exact) mass is 610 g/mol. The molecule has 0 heterocycles. The number of carbonyl (C=O) groups excluding carboxylic acids is 2. The van der Waals surface area contributed by atoms with E-state index >= 15 is 0 Å². The number of nitrogens with one attached hydrogen (secondary N) is 1. The minimum atomic E-state index is -0.925. The average molecular weight is 612 g/mol. The van der Waals surface area contributed by atoms with E-state index < -0.39 is 6.04 Å². The van der Waals surface area contributed by atoms with E-state index in [-0.39, 0.29) is 31.3 Å². The van der Waals surface area contributed by atoms with E-state index in [1.807, 2.05) is 42.5 Å². The molecule has 1 unspecified atom stereocenters. The Morgan fingerprint density at radius 3 is 2.10 bits per heavy atom. The third kappa shape index (κ3) is 7.94. The number of carbonyl (C=O) groups is 2. The second kappa shape index (κ2) is 14.3. The quantitative estimate of drug-likeness (QED) is 0.193. The van der Waals surface area contributed by atoms with E-state index in [1.165, 1.54) is 0 Å². The van der Waals surface area contributed by atoms with Gasteiger partial charge in [0.2, 0.25) is 11.8 Å². The van der Waals surface area contributed by atoms with Gasteiger partial charge in [-0.05, 0) is 58.7 Å². The lowest BCUT2D eigenvalue weighted by molar-refractivity contribution is -0.141. The van der Waals surface area contributed by atoms with Gasteiger partial charge in [-0.1, -0.05) is 89.4 Å². The summed E-state index contributed by atoms with van der Waals surface area (Å²) in [5.74, 6) is 0.473. The van der Waals surface area contributed by atoms with Crippen LogP contribution < -0.4 is 14.8 Å². The van der Waals surface area contributed by atoms with Gasteiger partial charge in [0.05, 0.1) is 20.6 Å². The van der Waals surface area contributed by atoms with Crippen LogP contribution in [-0.2, 0) is 29.1 Å². The fourth-order valence-corrected chi connectivity index (χ4v) is 5.03. The molecular weight excluding hydrogens is 583 g/mol. The smallest absolute Gasteiger partial charge is 0.247 e. The van der Waals surface area contributed by atoms with Crippen molar-refractivity contribution in [1.29, 1.82) is 0 Å². The molecule has 1 N–H and O–H groups in total. The number of ether oxygens (including phenoxy) is 2. The van der Waals surface area contributed by atoms with Crippen molar-refractivity contribution in [3.63, 3.8) is 0 Å². The number of halogens is 3. The van der Waals surface area contributed by atoms with E-state index in [4.69, 9.17) is 44.3 Å². The molecule has 0 fully saturated rings. The van der Waals surface area contributed by atoms with Crippen LogP contribution >= 0.6 is 34.8 Å². The number of hydrogen-bond donors (Lipinski definition) is 1. The molecule has 4 aromatic carbocycles. The number of benzene rings is 4. The van der Waals surface area contributed by atoms with Crippen molar-refractivity contribution in [2.45, 2.75) is 25.6 Å². The zero-order valence-electron chi connectivity index (χ0n) is 22.6. The molecule has 1 atom stereocenters. The number of amides is 2. The third-order valence-corrected chi connectivity index (χ3v) is 7.37. The Morgan fingerprint density at radius 2 is 1.44 bits per heavy atom. The van der Waals surface area contributed by atoms with Crippen molar-refractivity contribution in [2.75, 3.05) is 14.2 Å². The second-order valence-electron chi connectivity index (χ2n) is 9.28. The van der Waals surface area contributed by atoms with E-state index in [0.29, 0.717) is 43.3 Å². The lowest BCUT2D eigenvalue weighted by Gasteiger charge is -2.32. The van der Waals surface area contributed by atoms with E-state index in [0.717, 1.165) is 5.56 Å². The molecule has 0 aliphatic carbocycles. The molecule has 0 radical (unpaired) electrons. The summed E-state index contributed by atoms with van der Waals surface area (Å²) in [6.07, 6.45) is 0.0353. The summed E-state index contributed by atoms with van der Waals surface area (Å²) in [5, 5.41) is 4.49. The molecular formula is C32H29Cl3N2O4. The number of rotatable bonds is 11. The Morgan fingerprint density at radius 1 is 0.780 bits per heavy atom. The predicted molar refractivity (Wildman–Crippen MR) is 163 cm³/mol. The highest BCUT2D eigenvalue weighted by atomic mass is 35.5. The van der Waals surface area contributed by atoms with E-state index in [1.54, 1.807) is 67.7 Å². The van der Waals surface area contributed by atoms with Crippen molar-refractivity contribution in [1.82, 2.24) is 10.2 Å². The van der Waals surface area contributed by atoms with Crippen LogP contribution in [-0.4, -0.2) is 30.9 Å². The summed E-state index contributed by atoms with van der Waals surface area (Å²) >= 11 is 18.5. The topological polar surface area (TPSA) is 67.9 Å². The number of methoxy groups -OCH3 is 2. The van der Waals surface area contributed by atoms with Gasteiger partial charge in [0, 0.05) is 28.2 Å². The zero-order chi connectivity index (χ0) is 29.4. The van der Waals surface area contributed by atoms with Gasteiger partial charge in [-0.15, -0.1) is 0 Å². The fourth-order valence-electron chi connectivity index (χ4n) is 4.43. The van der Waals surface area contributed by atoms with Gasteiger partial charge in [-0.25, -0.2) is 0 Å². The van der Waals surface area contributed by atoms with Gasteiger partial charge >= 0.3 is 0 Å². The van der Waals surface area contributed by atoms with Crippen LogP contribution in [0.25, 0.3) is 0 Å². The predicted octanol–water partition coefficient (Wildman–Crippen LogP) is 7.29. The first-order valence-electron chi connectivity index (χ1n) is 12.8. The van der Waals surface area contributed by atoms with Gasteiger partial charge in [0.1, 0.15) is 6.04 Å². The molecule has 0 spiro atoms. The highest BCUT2D eigenvalue weighted by Crippen LogP contribution is 2.30. The maximum Gasteiger partial charge on any atom is 0.247 e. The Labute approximate surface area is 254 Å². The molecule has 41 heavy (non-hydrogen) atoms. The molecule has 6 nitrogen and oxygen atoms in total. The molecule has 0 aliphatic rings. The van der Waals surface area contributed by atoms with Gasteiger partial charge in [-0.2, -0.15) is 0 Å². The van der Waals surface area contributed by atoms with Crippen molar-refractivity contribution in [3.05, 3.63) is 128 Å². The van der Waals surface area contributed by atoms with Crippen LogP contribution in [0.1, 0.15) is 28.3 Å². The molecule has 2 amide bonds. The van der Waals surface area contributed by atoms with Gasteiger partial charge < -0.3 is 19.7 Å². The Balaban J connectivity index is 1.69. The SMILES string of the molecule is COc1ccc(CC(=O)N(Cc2ccc(Cl)cc2)C(C(=O)NCc2ccc(Cl)cc2Cl)c2ccccc2)cc1OC. The Kier molecular flexibility index (Phi) is 10.5. The first kappa shape index (κ1) is 30.3. The fraction of sp³-hybridized carbons (Fsp3) is 0.188. The first-order chi connectivity index (χ1) is 19.8. The third-order valence-electron chi connectivity index (χ3n) is 6.53. The number of hydrogen-bond acceptors (Lipinski definition) is 4. The van der Waals surface area contributed by atoms with Gasteiger partial charge in [0.15, 0.2) is 11.5 Å². The van der Waals surface area contributed by atoms with Crippen molar-refractivity contribution < 1.29 is 19.1 Å². The molecule has 4 aromatic rings. The van der Waals surface area contributed by atoms with Crippen LogP contribution in [0.2, 0.25) is 15.1 Å². The average Bonchev–Trinajstić information content (AvgIpc) is 2.97. The first-order valence-corrected chi connectivity index (χ1v) is 13.9. The Bertz CT molecular complexity index is 1500. The van der Waals surface area contributed by atoms with E-state index in [2.05, 4.69) is 5.32 Å². The standard InChI is InChI=1S/C32H29Cl3N2O4/c1-40-28-15-10-22(16-29(28)41-2)17-30(38)37(20-21-8-12-25(33)13-9-21)31(23-6-4-3-5-7-23)32(39)36-19-24-11-14-26(34)18-27(24)35/h3-16,18,31H,17,19-20H2,1-2H3,(H,36,39). The molecule has 9 heteroatoms. The van der Waals surface area contributed by atoms with Crippen molar-refractivity contribution in [2.24, 2.45) is 0 Å². The molecule has 0 bridgehead atoms. The second-order valence-corrected chi connectivity index (χ2v) is 10.6. The minimum Gasteiger partial charge on any atom is -0.493 e. The summed E-state index contributed by atoms with van der Waals surface area (Å²) < 4.78 is 10.8. The summed E-state index contributed by atoms with van der Waals surface area (Å²) in [6, 6.07) is 25.9. The summed E-state index contributed by atoms with van der Waals surface area (Å²) in [5.41, 5.74) is 2.91. The number of nitrogens with zero attached hydrogens (tertiary/aromatic N) is 1. The van der Waals surface area contributed by atoms with E-state index in [9.17, 15) is 9.59 Å². The van der Waals surface area contributed by atoms with Gasteiger partial charge in [-0.3, -0.25) is 9.59 Å². The normalized spacial score (nSPS) is 11.4. The maximum atomic E-state index is 14.0. The van der Waals surface area contributed by atoms with Crippen LogP contribution in [0.5, 0.6) is 11.5 Å². The van der Waals surface area contributed by atoms with Crippen LogP contribution in [0, 0.1) is 0 Å². The molecule has 0 saturated heterocycles. The molecule has 4 rings (SSSR count). The zero-order valence-corrected chi connectivity index (χ0v) is 24.8. The highest BCUT2D eigenvalue weighted by molar-refractivity contribution is 6.35. The molecule has 212 valence electrons. The molecule has 0 aliphatic heterocycles. The minimum absolute atomic E-state index is 0.0353. The maximum absolute atomic E-state index is 14.0. The van der Waals surface area contributed by atoms with Crippen molar-refractivity contribution >= 4 is 46.6 Å². The van der Waals surface area contributed by atoms with Crippen LogP contribution in [0.3, 0.4) is 0 Å². The van der Waals surface area contributed by atoms with Gasteiger partial charge in [0.25, 0.3) is 0 Å². The largest absolute Gasteiger partial charge is 0.493 e. The van der Waals surface area contributed by atoms with Crippen molar-refractivity contribution in [3.8, 4) is 11.5 Å². The molecule has 0 aromatic heterocycles. The van der Waals surface area contributed by atoms with Crippen LogP contribution in [0.15, 0.2) is 91.0 Å². The lowest BCUT2D eigenvalue weighted by Crippen LogP contribution is -2.43.